The van der Waals surface area contributed by atoms with Crippen LogP contribution in [0.15, 0.2) is 53.8 Å². The summed E-state index contributed by atoms with van der Waals surface area (Å²) in [5.41, 5.74) is 2.53. The topological polar surface area (TPSA) is 136 Å². The van der Waals surface area contributed by atoms with Gasteiger partial charge in [-0.2, -0.15) is 5.10 Å². The molecule has 0 aliphatic rings. The highest BCUT2D eigenvalue weighted by atomic mass is 32.2. The van der Waals surface area contributed by atoms with Gasteiger partial charge in [0.2, 0.25) is 15.9 Å². The molecule has 3 aromatic rings. The predicted molar refractivity (Wildman–Crippen MR) is 117 cm³/mol. The van der Waals surface area contributed by atoms with Crippen LogP contribution in [0.2, 0.25) is 0 Å². The molecule has 1 aromatic carbocycles. The van der Waals surface area contributed by atoms with Gasteiger partial charge in [-0.25, -0.2) is 22.8 Å². The number of hydrogen-bond acceptors (Lipinski definition) is 7. The lowest BCUT2D eigenvalue weighted by molar-refractivity contribution is 0.0885. The Labute approximate surface area is 186 Å². The number of sulfonamides is 1. The third kappa shape index (κ3) is 6.05. The highest BCUT2D eigenvalue weighted by Crippen LogP contribution is 2.11. The molecule has 0 unspecified atom stereocenters. The van der Waals surface area contributed by atoms with Crippen molar-refractivity contribution in [3.63, 3.8) is 0 Å². The van der Waals surface area contributed by atoms with Gasteiger partial charge in [0.15, 0.2) is 0 Å². The maximum Gasteiger partial charge on any atom is 0.271 e. The zero-order valence-corrected chi connectivity index (χ0v) is 18.6. The summed E-state index contributed by atoms with van der Waals surface area (Å²) < 4.78 is 28.7. The Kier molecular flexibility index (Phi) is 7.44. The molecule has 0 aliphatic carbocycles. The van der Waals surface area contributed by atoms with Crippen LogP contribution in [0.1, 0.15) is 38.7 Å². The zero-order chi connectivity index (χ0) is 23.1. The van der Waals surface area contributed by atoms with Crippen LogP contribution in [0.4, 0.5) is 0 Å². The van der Waals surface area contributed by atoms with Crippen LogP contribution in [0.25, 0.3) is 0 Å². The Morgan fingerprint density at radius 2 is 1.81 bits per heavy atom. The summed E-state index contributed by atoms with van der Waals surface area (Å²) >= 11 is 0. The fourth-order valence-corrected chi connectivity index (χ4v) is 4.06. The quantitative estimate of drug-likeness (QED) is 0.495. The number of nitrogens with one attached hydrogen (secondary N) is 2. The molecule has 0 spiro atoms. The molecule has 32 heavy (non-hydrogen) atoms. The maximum absolute atomic E-state index is 12.5. The van der Waals surface area contributed by atoms with Crippen molar-refractivity contribution in [1.29, 1.82) is 0 Å². The number of aryl methyl sites for hydroxylation is 2. The largest absolute Gasteiger partial charge is 0.350 e. The van der Waals surface area contributed by atoms with Gasteiger partial charge < -0.3 is 5.32 Å². The number of carbonyl (C=O) groups excluding carboxylic acids is 2. The van der Waals surface area contributed by atoms with E-state index in [4.69, 9.17) is 0 Å². The van der Waals surface area contributed by atoms with Crippen molar-refractivity contribution in [2.24, 2.45) is 0 Å². The molecule has 2 N–H and O–H groups in total. The van der Waals surface area contributed by atoms with Crippen LogP contribution < -0.4 is 10.0 Å². The van der Waals surface area contributed by atoms with Gasteiger partial charge in [0, 0.05) is 37.6 Å². The van der Waals surface area contributed by atoms with E-state index in [2.05, 4.69) is 25.1 Å². The first kappa shape index (κ1) is 23.2. The molecule has 0 aliphatic heterocycles. The van der Waals surface area contributed by atoms with Crippen molar-refractivity contribution in [2.45, 2.75) is 31.6 Å². The molecule has 3 rings (SSSR count). The van der Waals surface area contributed by atoms with Gasteiger partial charge in [0.1, 0.15) is 5.69 Å². The van der Waals surface area contributed by atoms with E-state index in [1.165, 1.54) is 35.4 Å². The van der Waals surface area contributed by atoms with Crippen LogP contribution in [0.3, 0.4) is 0 Å². The van der Waals surface area contributed by atoms with Gasteiger partial charge in [0.05, 0.1) is 16.8 Å². The number of hydrogen-bond donors (Lipinski definition) is 2. The van der Waals surface area contributed by atoms with Crippen LogP contribution in [0.5, 0.6) is 0 Å². The number of rotatable bonds is 9. The number of aromatic nitrogens is 4. The highest BCUT2D eigenvalue weighted by Gasteiger charge is 2.16. The molecule has 0 saturated carbocycles. The van der Waals surface area contributed by atoms with Crippen LogP contribution in [-0.4, -0.2) is 53.1 Å². The van der Waals surface area contributed by atoms with Gasteiger partial charge >= 0.3 is 0 Å². The summed E-state index contributed by atoms with van der Waals surface area (Å²) in [4.78, 5) is 32.0. The van der Waals surface area contributed by atoms with Gasteiger partial charge in [-0.1, -0.05) is 12.1 Å². The molecule has 0 fully saturated rings. The van der Waals surface area contributed by atoms with E-state index in [0.29, 0.717) is 18.7 Å². The first-order valence-electron chi connectivity index (χ1n) is 9.95. The SMILES string of the molecule is Cc1cc(C)n(C(=O)CCNS(=O)(=O)c2ccc(CCNC(=O)c3cnccn3)cc2)n1. The molecule has 11 heteroatoms. The molecule has 0 atom stereocenters. The van der Waals surface area contributed by atoms with Crippen molar-refractivity contribution in [1.82, 2.24) is 29.8 Å². The molecule has 2 aromatic heterocycles. The summed E-state index contributed by atoms with van der Waals surface area (Å²) in [5, 5.41) is 6.84. The lowest BCUT2D eigenvalue weighted by Crippen LogP contribution is -2.28. The van der Waals surface area contributed by atoms with Crippen LogP contribution in [0, 0.1) is 13.8 Å². The van der Waals surface area contributed by atoms with Gasteiger partial charge in [-0.15, -0.1) is 0 Å². The number of carbonyl (C=O) groups is 2. The Morgan fingerprint density at radius 1 is 1.06 bits per heavy atom. The highest BCUT2D eigenvalue weighted by molar-refractivity contribution is 7.89. The Balaban J connectivity index is 1.48. The summed E-state index contributed by atoms with van der Waals surface area (Å²) in [7, 11) is -3.75. The van der Waals surface area contributed by atoms with E-state index in [9.17, 15) is 18.0 Å². The van der Waals surface area contributed by atoms with E-state index in [0.717, 1.165) is 11.3 Å². The fraction of sp³-hybridized carbons (Fsp3) is 0.286. The smallest absolute Gasteiger partial charge is 0.271 e. The zero-order valence-electron chi connectivity index (χ0n) is 17.8. The maximum atomic E-state index is 12.5. The van der Waals surface area contributed by atoms with Crippen LogP contribution in [-0.2, 0) is 16.4 Å². The number of nitrogens with zero attached hydrogens (tertiary/aromatic N) is 4. The second-order valence-electron chi connectivity index (χ2n) is 7.12. The van der Waals surface area contributed by atoms with Crippen molar-refractivity contribution in [3.05, 3.63) is 71.6 Å². The second-order valence-corrected chi connectivity index (χ2v) is 8.89. The standard InChI is InChI=1S/C21H24N6O4S/c1-15-13-16(2)27(26-15)20(28)8-10-25-32(30,31)18-5-3-17(4-6-18)7-9-24-21(29)19-14-22-11-12-23-19/h3-6,11-14,25H,7-10H2,1-2H3,(H,24,29). The van der Waals surface area contributed by atoms with Crippen molar-refractivity contribution >= 4 is 21.8 Å². The molecule has 0 radical (unpaired) electrons. The predicted octanol–water partition coefficient (Wildman–Crippen LogP) is 1.27. The van der Waals surface area contributed by atoms with E-state index >= 15 is 0 Å². The minimum atomic E-state index is -3.75. The molecule has 0 saturated heterocycles. The van der Waals surface area contributed by atoms with Crippen molar-refractivity contribution in [3.8, 4) is 0 Å². The third-order valence-corrected chi connectivity index (χ3v) is 6.08. The summed E-state index contributed by atoms with van der Waals surface area (Å²) in [6.45, 7) is 3.89. The average molecular weight is 457 g/mol. The van der Waals surface area contributed by atoms with Gasteiger partial charge in [-0.3, -0.25) is 14.6 Å². The van der Waals surface area contributed by atoms with Crippen molar-refractivity contribution in [2.75, 3.05) is 13.1 Å². The number of benzene rings is 1. The molecule has 10 nitrogen and oxygen atoms in total. The van der Waals surface area contributed by atoms with Crippen LogP contribution >= 0.6 is 0 Å². The molecule has 1 amide bonds. The molecular formula is C21H24N6O4S. The van der Waals surface area contributed by atoms with Gasteiger partial charge in [0.25, 0.3) is 5.91 Å². The lowest BCUT2D eigenvalue weighted by Gasteiger charge is -2.09. The summed E-state index contributed by atoms with van der Waals surface area (Å²) in [6, 6.07) is 8.13. The lowest BCUT2D eigenvalue weighted by atomic mass is 10.1. The first-order valence-corrected chi connectivity index (χ1v) is 11.4. The Hall–Kier alpha value is -3.44. The molecular weight excluding hydrogens is 432 g/mol. The average Bonchev–Trinajstić information content (AvgIpc) is 3.12. The van der Waals surface area contributed by atoms with E-state index < -0.39 is 10.0 Å². The third-order valence-electron chi connectivity index (χ3n) is 4.61. The molecule has 0 bridgehead atoms. The Morgan fingerprint density at radius 3 is 2.44 bits per heavy atom. The molecule has 2 heterocycles. The second kappa shape index (κ2) is 10.2. The normalized spacial score (nSPS) is 11.3. The van der Waals surface area contributed by atoms with Crippen molar-refractivity contribution < 1.29 is 18.0 Å². The fourth-order valence-electron chi connectivity index (χ4n) is 3.03. The first-order chi connectivity index (χ1) is 15.3. The monoisotopic (exact) mass is 456 g/mol. The molecule has 168 valence electrons. The van der Waals surface area contributed by atoms with E-state index in [-0.39, 0.29) is 35.4 Å². The number of amides is 1. The van der Waals surface area contributed by atoms with Gasteiger partial charge in [-0.05, 0) is 44.0 Å². The minimum absolute atomic E-state index is 0.00916. The minimum Gasteiger partial charge on any atom is -0.350 e. The summed E-state index contributed by atoms with van der Waals surface area (Å²) in [5.74, 6) is -0.603. The summed E-state index contributed by atoms with van der Waals surface area (Å²) in [6.07, 6.45) is 4.83. The van der Waals surface area contributed by atoms with E-state index in [1.54, 1.807) is 32.0 Å². The Bertz CT molecular complexity index is 1190. The van der Waals surface area contributed by atoms with E-state index in [1.807, 2.05) is 0 Å².